The van der Waals surface area contributed by atoms with Crippen LogP contribution in [0.25, 0.3) is 22.6 Å². The van der Waals surface area contributed by atoms with E-state index in [0.717, 1.165) is 31.5 Å². The molecule has 5 heteroatoms. The minimum absolute atomic E-state index is 0.207. The molecule has 0 bridgehead atoms. The van der Waals surface area contributed by atoms with Crippen LogP contribution in [0.2, 0.25) is 0 Å². The molecule has 0 aliphatic carbocycles. The van der Waals surface area contributed by atoms with Crippen molar-refractivity contribution >= 4 is 45.6 Å². The maximum atomic E-state index is 9.92. The Kier molecular flexibility index (Phi) is 4.46. The molecule has 0 unspecified atom stereocenters. The normalized spacial score (nSPS) is 11.5. The van der Waals surface area contributed by atoms with Crippen molar-refractivity contribution in [2.24, 2.45) is 4.99 Å². The monoisotopic (exact) mass is 454 g/mol. The minimum atomic E-state index is 0.207. The van der Waals surface area contributed by atoms with E-state index in [9.17, 15) is 5.11 Å². The molecule has 1 aromatic heterocycles. The Morgan fingerprint density at radius 3 is 2.77 bits per heavy atom. The molecule has 26 heavy (non-hydrogen) atoms. The lowest BCUT2D eigenvalue weighted by Crippen LogP contribution is -1.83. The highest BCUT2D eigenvalue weighted by molar-refractivity contribution is 14.1. The first-order chi connectivity index (χ1) is 12.6. The number of halogens is 1. The molecule has 0 atom stereocenters. The molecule has 0 aliphatic rings. The van der Waals surface area contributed by atoms with E-state index in [2.05, 4.69) is 32.6 Å². The van der Waals surface area contributed by atoms with Crippen LogP contribution in [0.15, 0.2) is 70.1 Å². The number of hydrogen-bond donors (Lipinski definition) is 1. The Morgan fingerprint density at radius 1 is 1.08 bits per heavy atom. The first-order valence-corrected chi connectivity index (χ1v) is 9.17. The molecule has 4 aromatic rings. The van der Waals surface area contributed by atoms with Crippen molar-refractivity contribution in [3.05, 3.63) is 75.4 Å². The van der Waals surface area contributed by atoms with Crippen molar-refractivity contribution in [2.75, 3.05) is 0 Å². The van der Waals surface area contributed by atoms with Gasteiger partial charge in [0.15, 0.2) is 5.58 Å². The van der Waals surface area contributed by atoms with Crippen LogP contribution in [0.4, 0.5) is 5.69 Å². The van der Waals surface area contributed by atoms with Gasteiger partial charge in [0.1, 0.15) is 11.3 Å². The zero-order valence-corrected chi connectivity index (χ0v) is 16.1. The number of rotatable bonds is 3. The highest BCUT2D eigenvalue weighted by Gasteiger charge is 2.10. The maximum absolute atomic E-state index is 9.92. The quantitative estimate of drug-likeness (QED) is 0.312. The van der Waals surface area contributed by atoms with E-state index >= 15 is 0 Å². The number of aliphatic imine (C=N–C) groups is 1. The molecule has 4 nitrogen and oxygen atoms in total. The first kappa shape index (κ1) is 16.8. The molecule has 0 saturated carbocycles. The third-order valence-corrected chi connectivity index (χ3v) is 4.76. The number of oxazole rings is 1. The number of aromatic hydroxyl groups is 1. The smallest absolute Gasteiger partial charge is 0.227 e. The largest absolute Gasteiger partial charge is 0.507 e. The Bertz CT molecular complexity index is 1130. The van der Waals surface area contributed by atoms with Crippen LogP contribution < -0.4 is 0 Å². The molecule has 0 fully saturated rings. The minimum Gasteiger partial charge on any atom is -0.507 e. The Morgan fingerprint density at radius 2 is 1.92 bits per heavy atom. The van der Waals surface area contributed by atoms with Gasteiger partial charge in [0.05, 0.1) is 5.69 Å². The lowest BCUT2D eigenvalue weighted by molar-refractivity contribution is 0.474. The predicted molar refractivity (Wildman–Crippen MR) is 112 cm³/mol. The SMILES string of the molecule is Cc1ccccc1-c1nc2cc(N=Cc3cc(I)ccc3O)ccc2o1. The van der Waals surface area contributed by atoms with Gasteiger partial charge in [-0.05, 0) is 77.5 Å². The second-order valence-corrected chi connectivity index (χ2v) is 7.19. The van der Waals surface area contributed by atoms with Crippen molar-refractivity contribution < 1.29 is 9.52 Å². The van der Waals surface area contributed by atoms with E-state index in [1.54, 1.807) is 12.3 Å². The molecule has 0 spiro atoms. The Labute approximate surface area is 164 Å². The molecule has 0 radical (unpaired) electrons. The zero-order valence-electron chi connectivity index (χ0n) is 14.0. The lowest BCUT2D eigenvalue weighted by atomic mass is 10.1. The summed E-state index contributed by atoms with van der Waals surface area (Å²) >= 11 is 2.20. The standard InChI is InChI=1S/C21H15IN2O2/c1-13-4-2-3-5-17(13)21-24-18-11-16(7-9-20(18)26-21)23-12-14-10-15(22)6-8-19(14)25/h2-12,25H,1H3. The van der Waals surface area contributed by atoms with Crippen molar-refractivity contribution in [3.63, 3.8) is 0 Å². The van der Waals surface area contributed by atoms with Crippen molar-refractivity contribution in [1.82, 2.24) is 4.98 Å². The highest BCUT2D eigenvalue weighted by Crippen LogP contribution is 2.29. The van der Waals surface area contributed by atoms with E-state index in [-0.39, 0.29) is 5.75 Å². The van der Waals surface area contributed by atoms with Crippen LogP contribution in [-0.4, -0.2) is 16.3 Å². The van der Waals surface area contributed by atoms with Gasteiger partial charge in [0.2, 0.25) is 5.89 Å². The molecule has 0 aliphatic heterocycles. The maximum Gasteiger partial charge on any atom is 0.227 e. The van der Waals surface area contributed by atoms with Crippen molar-refractivity contribution in [1.29, 1.82) is 0 Å². The predicted octanol–water partition coefficient (Wildman–Crippen LogP) is 5.86. The number of aryl methyl sites for hydroxylation is 1. The number of benzene rings is 3. The Balaban J connectivity index is 1.69. The number of phenolic OH excluding ortho intramolecular Hbond substituents is 1. The average molecular weight is 454 g/mol. The fourth-order valence-corrected chi connectivity index (χ4v) is 3.21. The molecule has 128 valence electrons. The van der Waals surface area contributed by atoms with E-state index in [4.69, 9.17) is 4.42 Å². The second kappa shape index (κ2) is 6.92. The van der Waals surface area contributed by atoms with Crippen LogP contribution in [0.5, 0.6) is 5.75 Å². The molecule has 3 aromatic carbocycles. The van der Waals surface area contributed by atoms with Gasteiger partial charge in [-0.25, -0.2) is 4.98 Å². The number of phenols is 1. The average Bonchev–Trinajstić information content (AvgIpc) is 3.06. The topological polar surface area (TPSA) is 58.6 Å². The van der Waals surface area contributed by atoms with Gasteiger partial charge in [-0.1, -0.05) is 18.2 Å². The van der Waals surface area contributed by atoms with Crippen LogP contribution >= 0.6 is 22.6 Å². The summed E-state index contributed by atoms with van der Waals surface area (Å²) in [5, 5.41) is 9.92. The van der Waals surface area contributed by atoms with Crippen LogP contribution in [0.3, 0.4) is 0 Å². The second-order valence-electron chi connectivity index (χ2n) is 5.95. The fraction of sp³-hybridized carbons (Fsp3) is 0.0476. The number of fused-ring (bicyclic) bond motifs is 1. The molecule has 1 N–H and O–H groups in total. The van der Waals surface area contributed by atoms with Gasteiger partial charge in [-0.2, -0.15) is 0 Å². The molecular weight excluding hydrogens is 439 g/mol. The number of hydrogen-bond acceptors (Lipinski definition) is 4. The van der Waals surface area contributed by atoms with Crippen molar-refractivity contribution in [3.8, 4) is 17.2 Å². The van der Waals surface area contributed by atoms with Crippen molar-refractivity contribution in [2.45, 2.75) is 6.92 Å². The van der Waals surface area contributed by atoms with Crippen LogP contribution in [0.1, 0.15) is 11.1 Å². The van der Waals surface area contributed by atoms with Gasteiger partial charge in [0, 0.05) is 20.9 Å². The Hall–Kier alpha value is -2.67. The van der Waals surface area contributed by atoms with E-state index in [1.165, 1.54) is 0 Å². The summed E-state index contributed by atoms with van der Waals surface area (Å²) in [7, 11) is 0. The van der Waals surface area contributed by atoms with Gasteiger partial charge < -0.3 is 9.52 Å². The summed E-state index contributed by atoms with van der Waals surface area (Å²) in [5.74, 6) is 0.813. The van der Waals surface area contributed by atoms with Gasteiger partial charge >= 0.3 is 0 Å². The summed E-state index contributed by atoms with van der Waals surface area (Å²) in [5.41, 5.74) is 5.01. The molecule has 1 heterocycles. The fourth-order valence-electron chi connectivity index (χ4n) is 2.70. The van der Waals surface area contributed by atoms with Gasteiger partial charge in [-0.15, -0.1) is 0 Å². The van der Waals surface area contributed by atoms with E-state index < -0.39 is 0 Å². The molecular formula is C21H15IN2O2. The van der Waals surface area contributed by atoms with Gasteiger partial charge in [0.25, 0.3) is 0 Å². The third kappa shape index (κ3) is 3.35. The van der Waals surface area contributed by atoms with Crippen LogP contribution in [0, 0.1) is 10.5 Å². The third-order valence-electron chi connectivity index (χ3n) is 4.09. The molecule has 0 amide bonds. The summed E-state index contributed by atoms with van der Waals surface area (Å²) < 4.78 is 6.92. The summed E-state index contributed by atoms with van der Waals surface area (Å²) in [6.45, 7) is 2.04. The number of nitrogens with zero attached hydrogens (tertiary/aromatic N) is 2. The van der Waals surface area contributed by atoms with Crippen LogP contribution in [-0.2, 0) is 0 Å². The van der Waals surface area contributed by atoms with Gasteiger partial charge in [-0.3, -0.25) is 4.99 Å². The molecule has 0 saturated heterocycles. The summed E-state index contributed by atoms with van der Waals surface area (Å²) in [6.07, 6.45) is 1.65. The summed E-state index contributed by atoms with van der Waals surface area (Å²) in [4.78, 5) is 9.06. The number of aromatic nitrogens is 1. The summed E-state index contributed by atoms with van der Waals surface area (Å²) in [6, 6.07) is 19.0. The highest BCUT2D eigenvalue weighted by atomic mass is 127. The van der Waals surface area contributed by atoms with E-state index in [0.29, 0.717) is 11.5 Å². The first-order valence-electron chi connectivity index (χ1n) is 8.09. The van der Waals surface area contributed by atoms with E-state index in [1.807, 2.05) is 61.5 Å². The lowest BCUT2D eigenvalue weighted by Gasteiger charge is -1.99. The molecule has 4 rings (SSSR count). The zero-order chi connectivity index (χ0) is 18.1.